The number of methoxy groups -OCH3 is 2. The zero-order valence-electron chi connectivity index (χ0n) is 10.6. The Morgan fingerprint density at radius 2 is 2.00 bits per heavy atom. The second kappa shape index (κ2) is 4.55. The lowest BCUT2D eigenvalue weighted by molar-refractivity contribution is 0.353. The summed E-state index contributed by atoms with van der Waals surface area (Å²) in [6.07, 6.45) is 0. The minimum absolute atomic E-state index is 0.209. The summed E-state index contributed by atoms with van der Waals surface area (Å²) in [6.45, 7) is 3.82. The van der Waals surface area contributed by atoms with Crippen LogP contribution in [0.5, 0.6) is 11.5 Å². The van der Waals surface area contributed by atoms with Crippen LogP contribution in [0.1, 0.15) is 18.4 Å². The summed E-state index contributed by atoms with van der Waals surface area (Å²) in [5.41, 5.74) is 7.27. The summed E-state index contributed by atoms with van der Waals surface area (Å²) < 4.78 is 10.6. The second-order valence-electron chi connectivity index (χ2n) is 4.80. The molecule has 94 valence electrons. The molecule has 2 atom stereocenters. The molecule has 0 aromatic heterocycles. The summed E-state index contributed by atoms with van der Waals surface area (Å²) in [7, 11) is 3.29. The number of hydrogen-bond acceptors (Lipinski definition) is 4. The third-order valence-electron chi connectivity index (χ3n) is 3.46. The van der Waals surface area contributed by atoms with E-state index in [9.17, 15) is 0 Å². The number of ether oxygens (including phenoxy) is 2. The van der Waals surface area contributed by atoms with Crippen molar-refractivity contribution in [1.29, 1.82) is 0 Å². The average molecular weight is 236 g/mol. The molecule has 1 aromatic rings. The van der Waals surface area contributed by atoms with Crippen molar-refractivity contribution >= 4 is 0 Å². The Morgan fingerprint density at radius 3 is 2.53 bits per heavy atom. The molecule has 1 fully saturated rings. The van der Waals surface area contributed by atoms with E-state index in [1.54, 1.807) is 14.2 Å². The van der Waals surface area contributed by atoms with Crippen molar-refractivity contribution in [3.63, 3.8) is 0 Å². The number of rotatable bonds is 3. The SMILES string of the molecule is COc1ccc([C@H]2CNC[C@]2(C)N)cc1OC. The summed E-state index contributed by atoms with van der Waals surface area (Å²) >= 11 is 0. The van der Waals surface area contributed by atoms with E-state index in [2.05, 4.69) is 18.3 Å². The van der Waals surface area contributed by atoms with Gasteiger partial charge in [-0.15, -0.1) is 0 Å². The minimum atomic E-state index is -0.209. The third-order valence-corrected chi connectivity index (χ3v) is 3.46. The standard InChI is InChI=1S/C13H20N2O2/c1-13(14)8-15-7-10(13)9-4-5-11(16-2)12(6-9)17-3/h4-6,10,15H,7-8,14H2,1-3H3/t10-,13+/m1/s1. The molecular formula is C13H20N2O2. The minimum Gasteiger partial charge on any atom is -0.493 e. The largest absolute Gasteiger partial charge is 0.493 e. The van der Waals surface area contributed by atoms with Crippen LogP contribution < -0.4 is 20.5 Å². The highest BCUT2D eigenvalue weighted by Crippen LogP contribution is 2.35. The van der Waals surface area contributed by atoms with Gasteiger partial charge in [0.2, 0.25) is 0 Å². The Balaban J connectivity index is 2.33. The summed E-state index contributed by atoms with van der Waals surface area (Å²) in [4.78, 5) is 0. The Hall–Kier alpha value is -1.26. The van der Waals surface area contributed by atoms with Crippen LogP contribution in [0.2, 0.25) is 0 Å². The Bertz CT molecular complexity index is 404. The number of nitrogens with two attached hydrogens (primary N) is 1. The number of nitrogens with one attached hydrogen (secondary N) is 1. The van der Waals surface area contributed by atoms with E-state index in [1.807, 2.05) is 12.1 Å². The van der Waals surface area contributed by atoms with Gasteiger partial charge in [-0.3, -0.25) is 0 Å². The van der Waals surface area contributed by atoms with Gasteiger partial charge in [-0.1, -0.05) is 6.07 Å². The monoisotopic (exact) mass is 236 g/mol. The molecule has 1 aliphatic heterocycles. The van der Waals surface area contributed by atoms with E-state index in [1.165, 1.54) is 5.56 Å². The van der Waals surface area contributed by atoms with Gasteiger partial charge in [-0.25, -0.2) is 0 Å². The number of benzene rings is 1. The molecule has 0 aliphatic carbocycles. The first-order valence-electron chi connectivity index (χ1n) is 5.80. The van der Waals surface area contributed by atoms with E-state index < -0.39 is 0 Å². The molecule has 0 amide bonds. The van der Waals surface area contributed by atoms with Crippen LogP contribution in [0, 0.1) is 0 Å². The van der Waals surface area contributed by atoms with E-state index in [0.29, 0.717) is 5.92 Å². The molecule has 0 saturated carbocycles. The van der Waals surface area contributed by atoms with Gasteiger partial charge in [-0.2, -0.15) is 0 Å². The quantitative estimate of drug-likeness (QED) is 0.825. The predicted octanol–water partition coefficient (Wildman–Crippen LogP) is 1.11. The lowest BCUT2D eigenvalue weighted by Crippen LogP contribution is -2.42. The van der Waals surface area contributed by atoms with Crippen molar-refractivity contribution in [3.05, 3.63) is 23.8 Å². The maximum Gasteiger partial charge on any atom is 0.160 e. The number of hydrogen-bond donors (Lipinski definition) is 2. The molecule has 17 heavy (non-hydrogen) atoms. The molecule has 0 bridgehead atoms. The highest BCUT2D eigenvalue weighted by molar-refractivity contribution is 5.45. The van der Waals surface area contributed by atoms with Gasteiger partial charge in [-0.05, 0) is 24.6 Å². The molecule has 1 heterocycles. The first-order chi connectivity index (χ1) is 8.08. The summed E-state index contributed by atoms with van der Waals surface area (Å²) in [5, 5.41) is 3.33. The third kappa shape index (κ3) is 2.23. The fourth-order valence-corrected chi connectivity index (χ4v) is 2.41. The van der Waals surface area contributed by atoms with E-state index >= 15 is 0 Å². The second-order valence-corrected chi connectivity index (χ2v) is 4.80. The van der Waals surface area contributed by atoms with Crippen LogP contribution in [0.4, 0.5) is 0 Å². The van der Waals surface area contributed by atoms with Crippen molar-refractivity contribution in [1.82, 2.24) is 5.32 Å². The summed E-state index contributed by atoms with van der Waals surface area (Å²) in [6, 6.07) is 6.01. The molecule has 0 radical (unpaired) electrons. The molecule has 0 spiro atoms. The Labute approximate surface area is 102 Å². The fourth-order valence-electron chi connectivity index (χ4n) is 2.41. The molecule has 4 nitrogen and oxygen atoms in total. The first-order valence-corrected chi connectivity index (χ1v) is 5.80. The summed E-state index contributed by atoms with van der Waals surface area (Å²) in [5.74, 6) is 1.82. The first kappa shape index (κ1) is 12.2. The predicted molar refractivity (Wildman–Crippen MR) is 67.7 cm³/mol. The van der Waals surface area contributed by atoms with Gasteiger partial charge in [0.05, 0.1) is 14.2 Å². The van der Waals surface area contributed by atoms with Gasteiger partial charge in [0, 0.05) is 24.5 Å². The highest BCUT2D eigenvalue weighted by atomic mass is 16.5. The van der Waals surface area contributed by atoms with Crippen molar-refractivity contribution in [3.8, 4) is 11.5 Å². The lowest BCUT2D eigenvalue weighted by Gasteiger charge is -2.26. The van der Waals surface area contributed by atoms with E-state index in [0.717, 1.165) is 24.6 Å². The van der Waals surface area contributed by atoms with Crippen LogP contribution in [0.3, 0.4) is 0 Å². The molecule has 1 saturated heterocycles. The van der Waals surface area contributed by atoms with E-state index in [4.69, 9.17) is 15.2 Å². The smallest absolute Gasteiger partial charge is 0.160 e. The highest BCUT2D eigenvalue weighted by Gasteiger charge is 2.36. The molecule has 3 N–H and O–H groups in total. The maximum absolute atomic E-state index is 6.28. The Morgan fingerprint density at radius 1 is 1.29 bits per heavy atom. The van der Waals surface area contributed by atoms with Crippen LogP contribution in [0.15, 0.2) is 18.2 Å². The topological polar surface area (TPSA) is 56.5 Å². The fraction of sp³-hybridized carbons (Fsp3) is 0.538. The average Bonchev–Trinajstić information content (AvgIpc) is 2.68. The van der Waals surface area contributed by atoms with Gasteiger partial charge in [0.15, 0.2) is 11.5 Å². The molecule has 1 aliphatic rings. The van der Waals surface area contributed by atoms with E-state index in [-0.39, 0.29) is 5.54 Å². The van der Waals surface area contributed by atoms with Crippen molar-refractivity contribution < 1.29 is 9.47 Å². The lowest BCUT2D eigenvalue weighted by atomic mass is 9.84. The van der Waals surface area contributed by atoms with Gasteiger partial charge < -0.3 is 20.5 Å². The molecular weight excluding hydrogens is 216 g/mol. The van der Waals surface area contributed by atoms with Crippen molar-refractivity contribution in [2.45, 2.75) is 18.4 Å². The van der Waals surface area contributed by atoms with Crippen molar-refractivity contribution in [2.75, 3.05) is 27.3 Å². The maximum atomic E-state index is 6.28. The zero-order chi connectivity index (χ0) is 12.5. The van der Waals surface area contributed by atoms with Crippen molar-refractivity contribution in [2.24, 2.45) is 5.73 Å². The van der Waals surface area contributed by atoms with Gasteiger partial charge in [0.25, 0.3) is 0 Å². The molecule has 2 rings (SSSR count). The van der Waals surface area contributed by atoms with Crippen LogP contribution in [-0.4, -0.2) is 32.8 Å². The van der Waals surface area contributed by atoms with Crippen LogP contribution in [0.25, 0.3) is 0 Å². The molecule has 4 heteroatoms. The van der Waals surface area contributed by atoms with Gasteiger partial charge in [0.1, 0.15) is 0 Å². The van der Waals surface area contributed by atoms with Crippen LogP contribution in [-0.2, 0) is 0 Å². The van der Waals surface area contributed by atoms with Gasteiger partial charge >= 0.3 is 0 Å². The molecule has 1 aromatic carbocycles. The van der Waals surface area contributed by atoms with Crippen LogP contribution >= 0.6 is 0 Å². The Kier molecular flexibility index (Phi) is 3.26. The zero-order valence-corrected chi connectivity index (χ0v) is 10.6. The molecule has 0 unspecified atom stereocenters. The normalized spacial score (nSPS) is 28.1.